The summed E-state index contributed by atoms with van der Waals surface area (Å²) in [5.41, 5.74) is 2.66. The first kappa shape index (κ1) is 18.1. The predicted molar refractivity (Wildman–Crippen MR) is 101 cm³/mol. The van der Waals surface area contributed by atoms with Gasteiger partial charge in [-0.2, -0.15) is 0 Å². The molecular weight excluding hydrogens is 350 g/mol. The second kappa shape index (κ2) is 7.29. The number of anilines is 1. The number of nitrogens with zero attached hydrogens (tertiary/aromatic N) is 2. The average molecular weight is 371 g/mol. The molecule has 1 atom stereocenters. The number of nitrogens with one attached hydrogen (secondary N) is 1. The third kappa shape index (κ3) is 3.62. The summed E-state index contributed by atoms with van der Waals surface area (Å²) >= 11 is 1.37. The van der Waals surface area contributed by atoms with Gasteiger partial charge in [-0.05, 0) is 34.7 Å². The third-order valence-electron chi connectivity index (χ3n) is 4.38. The summed E-state index contributed by atoms with van der Waals surface area (Å²) in [5.74, 6) is -0.379. The van der Waals surface area contributed by atoms with Gasteiger partial charge in [-0.25, -0.2) is 0 Å². The van der Waals surface area contributed by atoms with Crippen LogP contribution >= 0.6 is 11.3 Å². The molecule has 0 saturated heterocycles. The number of hydrogen-bond donors (Lipinski definition) is 1. The summed E-state index contributed by atoms with van der Waals surface area (Å²) < 4.78 is 0. The topological polar surface area (TPSA) is 69.7 Å². The Morgan fingerprint density at radius 1 is 1.19 bits per heavy atom. The second-order valence-electron chi connectivity index (χ2n) is 6.53. The van der Waals surface area contributed by atoms with E-state index < -0.39 is 6.04 Å². The molecule has 1 aliphatic rings. The van der Waals surface area contributed by atoms with Crippen LogP contribution in [0.15, 0.2) is 35.7 Å². The van der Waals surface area contributed by atoms with Crippen molar-refractivity contribution in [2.75, 3.05) is 19.4 Å². The predicted octanol–water partition coefficient (Wildman–Crippen LogP) is 2.36. The normalized spacial score (nSPS) is 16.0. The number of thiophene rings is 1. The Morgan fingerprint density at radius 3 is 2.58 bits per heavy atom. The van der Waals surface area contributed by atoms with Crippen LogP contribution in [0, 0.1) is 0 Å². The van der Waals surface area contributed by atoms with Gasteiger partial charge in [0.2, 0.25) is 11.8 Å². The van der Waals surface area contributed by atoms with Crippen molar-refractivity contribution < 1.29 is 14.4 Å². The van der Waals surface area contributed by atoms with E-state index in [-0.39, 0.29) is 17.7 Å². The number of benzene rings is 1. The van der Waals surface area contributed by atoms with Crippen molar-refractivity contribution in [2.45, 2.75) is 25.9 Å². The first-order valence-electron chi connectivity index (χ1n) is 8.32. The monoisotopic (exact) mass is 371 g/mol. The van der Waals surface area contributed by atoms with E-state index in [0.29, 0.717) is 23.5 Å². The van der Waals surface area contributed by atoms with E-state index in [1.165, 1.54) is 23.2 Å². The summed E-state index contributed by atoms with van der Waals surface area (Å²) in [4.78, 5) is 40.7. The maximum Gasteiger partial charge on any atom is 0.264 e. The number of amides is 3. The molecule has 6 nitrogen and oxygen atoms in total. The van der Waals surface area contributed by atoms with Gasteiger partial charge in [0.1, 0.15) is 6.04 Å². The molecule has 3 amide bonds. The lowest BCUT2D eigenvalue weighted by atomic mass is 9.92. The molecule has 2 heterocycles. The molecule has 1 aromatic carbocycles. The van der Waals surface area contributed by atoms with Gasteiger partial charge in [-0.15, -0.1) is 11.3 Å². The molecule has 0 spiro atoms. The highest BCUT2D eigenvalue weighted by atomic mass is 32.1. The first-order valence-corrected chi connectivity index (χ1v) is 9.20. The summed E-state index contributed by atoms with van der Waals surface area (Å²) in [6, 6.07) is 8.69. The minimum Gasteiger partial charge on any atom is -0.347 e. The molecule has 3 rings (SSSR count). The SMILES string of the molecule is CC(=O)Nc1ccc2c(c1)CN(C(=O)c1cccs1)[C@@H](C(=O)N(C)C)C2. The summed E-state index contributed by atoms with van der Waals surface area (Å²) in [6.45, 7) is 1.79. The van der Waals surface area contributed by atoms with Crippen molar-refractivity contribution in [3.63, 3.8) is 0 Å². The number of rotatable bonds is 3. The maximum absolute atomic E-state index is 13.0. The molecule has 0 bridgehead atoms. The minimum absolute atomic E-state index is 0.0912. The molecular formula is C19H21N3O3S. The molecule has 0 fully saturated rings. The Labute approximate surface area is 156 Å². The number of carbonyl (C=O) groups is 3. The second-order valence-corrected chi connectivity index (χ2v) is 7.48. The van der Waals surface area contributed by atoms with Crippen molar-refractivity contribution in [3.8, 4) is 0 Å². The molecule has 136 valence electrons. The van der Waals surface area contributed by atoms with E-state index in [1.54, 1.807) is 25.1 Å². The molecule has 0 aliphatic carbocycles. The largest absolute Gasteiger partial charge is 0.347 e. The lowest BCUT2D eigenvalue weighted by Gasteiger charge is -2.37. The fraction of sp³-hybridized carbons (Fsp3) is 0.316. The van der Waals surface area contributed by atoms with Crippen LogP contribution in [0.2, 0.25) is 0 Å². The van der Waals surface area contributed by atoms with Gasteiger partial charge >= 0.3 is 0 Å². The highest BCUT2D eigenvalue weighted by molar-refractivity contribution is 7.12. The van der Waals surface area contributed by atoms with Crippen LogP contribution in [0.4, 0.5) is 5.69 Å². The zero-order valence-electron chi connectivity index (χ0n) is 15.0. The molecule has 26 heavy (non-hydrogen) atoms. The number of fused-ring (bicyclic) bond motifs is 1. The Hall–Kier alpha value is -2.67. The summed E-state index contributed by atoms with van der Waals surface area (Å²) in [6.07, 6.45) is 0.462. The van der Waals surface area contributed by atoms with E-state index in [0.717, 1.165) is 11.1 Å². The van der Waals surface area contributed by atoms with Gasteiger partial charge in [0.05, 0.1) is 4.88 Å². The van der Waals surface area contributed by atoms with Gasteiger partial charge < -0.3 is 15.1 Å². The van der Waals surface area contributed by atoms with Crippen molar-refractivity contribution in [3.05, 3.63) is 51.7 Å². The van der Waals surface area contributed by atoms with Gasteiger partial charge in [-0.3, -0.25) is 14.4 Å². The van der Waals surface area contributed by atoms with E-state index in [2.05, 4.69) is 5.32 Å². The zero-order chi connectivity index (χ0) is 18.8. The van der Waals surface area contributed by atoms with Crippen molar-refractivity contribution in [1.29, 1.82) is 0 Å². The van der Waals surface area contributed by atoms with Crippen LogP contribution in [0.5, 0.6) is 0 Å². The van der Waals surface area contributed by atoms with E-state index in [1.807, 2.05) is 29.6 Å². The fourth-order valence-electron chi connectivity index (χ4n) is 3.14. The first-order chi connectivity index (χ1) is 12.4. The molecule has 7 heteroatoms. The van der Waals surface area contributed by atoms with E-state index >= 15 is 0 Å². The minimum atomic E-state index is -0.529. The molecule has 0 saturated carbocycles. The standard InChI is InChI=1S/C19H21N3O3S/c1-12(23)20-15-7-6-13-10-16(18(24)21(2)3)22(11-14(13)9-15)19(25)17-5-4-8-26-17/h4-9,16H,10-11H2,1-3H3,(H,20,23)/t16-/m1/s1. The van der Waals surface area contributed by atoms with Crippen LogP contribution in [0.3, 0.4) is 0 Å². The van der Waals surface area contributed by atoms with Crippen LogP contribution in [-0.4, -0.2) is 47.7 Å². The lowest BCUT2D eigenvalue weighted by Crippen LogP contribution is -2.52. The van der Waals surface area contributed by atoms with Crippen LogP contribution < -0.4 is 5.32 Å². The average Bonchev–Trinajstić information content (AvgIpc) is 3.13. The van der Waals surface area contributed by atoms with Gasteiger partial charge in [0, 0.05) is 39.7 Å². The molecule has 1 N–H and O–H groups in total. The lowest BCUT2D eigenvalue weighted by molar-refractivity contribution is -0.134. The van der Waals surface area contributed by atoms with Crippen LogP contribution in [-0.2, 0) is 22.6 Å². The zero-order valence-corrected chi connectivity index (χ0v) is 15.8. The molecule has 2 aromatic rings. The third-order valence-corrected chi connectivity index (χ3v) is 5.23. The Kier molecular flexibility index (Phi) is 5.08. The number of carbonyl (C=O) groups excluding carboxylic acids is 3. The van der Waals surface area contributed by atoms with Gasteiger partial charge in [0.15, 0.2) is 0 Å². The van der Waals surface area contributed by atoms with Gasteiger partial charge in [0.25, 0.3) is 5.91 Å². The Balaban J connectivity index is 1.96. The Bertz CT molecular complexity index is 846. The number of likely N-dealkylation sites (N-methyl/N-ethyl adjacent to an activating group) is 1. The van der Waals surface area contributed by atoms with Crippen molar-refractivity contribution in [2.24, 2.45) is 0 Å². The molecule has 1 aromatic heterocycles. The summed E-state index contributed by atoms with van der Waals surface area (Å²) in [5, 5.41) is 4.61. The van der Waals surface area contributed by atoms with Crippen LogP contribution in [0.1, 0.15) is 27.7 Å². The van der Waals surface area contributed by atoms with Crippen molar-refractivity contribution >= 4 is 34.7 Å². The van der Waals surface area contributed by atoms with E-state index in [9.17, 15) is 14.4 Å². The molecule has 0 unspecified atom stereocenters. The molecule has 1 aliphatic heterocycles. The smallest absolute Gasteiger partial charge is 0.264 e. The molecule has 0 radical (unpaired) electrons. The van der Waals surface area contributed by atoms with E-state index in [4.69, 9.17) is 0 Å². The summed E-state index contributed by atoms with van der Waals surface area (Å²) in [7, 11) is 3.40. The fourth-order valence-corrected chi connectivity index (χ4v) is 3.82. The quantitative estimate of drug-likeness (QED) is 0.900. The highest BCUT2D eigenvalue weighted by Gasteiger charge is 2.36. The van der Waals surface area contributed by atoms with Crippen LogP contribution in [0.25, 0.3) is 0 Å². The van der Waals surface area contributed by atoms with Crippen molar-refractivity contribution in [1.82, 2.24) is 9.80 Å². The Morgan fingerprint density at radius 2 is 1.96 bits per heavy atom. The number of hydrogen-bond acceptors (Lipinski definition) is 4. The maximum atomic E-state index is 13.0. The van der Waals surface area contributed by atoms with Gasteiger partial charge in [-0.1, -0.05) is 12.1 Å². The highest BCUT2D eigenvalue weighted by Crippen LogP contribution is 2.29.